The first-order valence-corrected chi connectivity index (χ1v) is 3.58. The van der Waals surface area contributed by atoms with Crippen LogP contribution in [-0.4, -0.2) is 32.6 Å². The van der Waals surface area contributed by atoms with Gasteiger partial charge < -0.3 is 5.73 Å². The van der Waals surface area contributed by atoms with Crippen molar-refractivity contribution in [1.82, 2.24) is 20.2 Å². The molecule has 0 saturated heterocycles. The Morgan fingerprint density at radius 2 is 2.07 bits per heavy atom. The highest BCUT2D eigenvalue weighted by Crippen LogP contribution is 2.24. The highest BCUT2D eigenvalue weighted by atomic mass is 19.3. The lowest BCUT2D eigenvalue weighted by atomic mass is 10.3. The average Bonchev–Trinajstić information content (AvgIpc) is 2.50. The van der Waals surface area contributed by atoms with Crippen molar-refractivity contribution in [2.24, 2.45) is 5.73 Å². The van der Waals surface area contributed by atoms with E-state index in [2.05, 4.69) is 15.5 Å². The molecule has 1 heterocycles. The second-order valence-corrected chi connectivity index (χ2v) is 2.52. The molecule has 5 nitrogen and oxygen atoms in total. The standard InChI is InChI=1S/C5H7F4N5/c6-4(7)5(8,9)2-14-3(1-10)11-12-13-14/h4H,1-2,10H2. The quantitative estimate of drug-likeness (QED) is 0.716. The number of alkyl halides is 4. The SMILES string of the molecule is NCc1nnnn1CC(F)(F)C(F)F. The zero-order chi connectivity index (χ0) is 10.8. The summed E-state index contributed by atoms with van der Waals surface area (Å²) in [6.45, 7) is -1.46. The summed E-state index contributed by atoms with van der Waals surface area (Å²) in [7, 11) is 0. The molecule has 0 aromatic carbocycles. The Hall–Kier alpha value is -1.25. The molecule has 0 bridgehead atoms. The van der Waals surface area contributed by atoms with Crippen molar-refractivity contribution in [1.29, 1.82) is 0 Å². The summed E-state index contributed by atoms with van der Waals surface area (Å²) in [5.41, 5.74) is 5.09. The van der Waals surface area contributed by atoms with Gasteiger partial charge in [0.15, 0.2) is 5.82 Å². The zero-order valence-electron chi connectivity index (χ0n) is 6.87. The number of nitrogens with zero attached hydrogens (tertiary/aromatic N) is 4. The van der Waals surface area contributed by atoms with Gasteiger partial charge in [-0.1, -0.05) is 0 Å². The molecule has 0 aliphatic carbocycles. The van der Waals surface area contributed by atoms with Crippen LogP contribution >= 0.6 is 0 Å². The molecule has 14 heavy (non-hydrogen) atoms. The number of rotatable bonds is 4. The Bertz CT molecular complexity index is 298. The summed E-state index contributed by atoms with van der Waals surface area (Å²) in [6.07, 6.45) is -3.75. The van der Waals surface area contributed by atoms with Crippen LogP contribution in [0.3, 0.4) is 0 Å². The lowest BCUT2D eigenvalue weighted by Crippen LogP contribution is -2.33. The van der Waals surface area contributed by atoms with Gasteiger partial charge in [-0.05, 0) is 10.4 Å². The molecule has 1 aromatic rings. The highest BCUT2D eigenvalue weighted by Gasteiger charge is 2.42. The number of nitrogens with two attached hydrogens (primary N) is 1. The van der Waals surface area contributed by atoms with Crippen molar-refractivity contribution in [2.75, 3.05) is 0 Å². The van der Waals surface area contributed by atoms with Crippen molar-refractivity contribution in [3.8, 4) is 0 Å². The summed E-state index contributed by atoms with van der Waals surface area (Å²) in [5.74, 6) is -4.22. The number of aromatic nitrogens is 4. The second kappa shape index (κ2) is 3.86. The van der Waals surface area contributed by atoms with Gasteiger partial charge >= 0.3 is 12.3 Å². The lowest BCUT2D eigenvalue weighted by molar-refractivity contribution is -0.139. The van der Waals surface area contributed by atoms with E-state index in [0.717, 1.165) is 0 Å². The summed E-state index contributed by atoms with van der Waals surface area (Å²) in [6, 6.07) is 0. The van der Waals surface area contributed by atoms with Gasteiger partial charge in [0.2, 0.25) is 0 Å². The Labute approximate surface area is 75.9 Å². The minimum atomic E-state index is -4.15. The molecule has 0 aliphatic rings. The van der Waals surface area contributed by atoms with Gasteiger partial charge in [0, 0.05) is 0 Å². The fourth-order valence-corrected chi connectivity index (χ4v) is 0.761. The van der Waals surface area contributed by atoms with Gasteiger partial charge in [-0.25, -0.2) is 13.5 Å². The molecule has 9 heteroatoms. The molecule has 0 aliphatic heterocycles. The summed E-state index contributed by atoms with van der Waals surface area (Å²) < 4.78 is 49.2. The molecular formula is C5H7F4N5. The van der Waals surface area contributed by atoms with Crippen LogP contribution in [0.4, 0.5) is 17.6 Å². The minimum Gasteiger partial charge on any atom is -0.324 e. The molecule has 2 N–H and O–H groups in total. The van der Waals surface area contributed by atoms with Crippen LogP contribution in [0.25, 0.3) is 0 Å². The monoisotopic (exact) mass is 213 g/mol. The fourth-order valence-electron chi connectivity index (χ4n) is 0.761. The second-order valence-electron chi connectivity index (χ2n) is 2.52. The Morgan fingerprint density at radius 3 is 2.57 bits per heavy atom. The molecule has 0 atom stereocenters. The topological polar surface area (TPSA) is 69.6 Å². The first kappa shape index (κ1) is 10.8. The minimum absolute atomic E-state index is 0.0645. The van der Waals surface area contributed by atoms with E-state index in [4.69, 9.17) is 5.73 Å². The number of hydrogen-bond donors (Lipinski definition) is 1. The van der Waals surface area contributed by atoms with E-state index in [1.807, 2.05) is 0 Å². The molecule has 0 saturated carbocycles. The van der Waals surface area contributed by atoms with Crippen molar-refractivity contribution < 1.29 is 17.6 Å². The summed E-state index contributed by atoms with van der Waals surface area (Å²) in [4.78, 5) is 0. The first-order valence-electron chi connectivity index (χ1n) is 3.58. The largest absolute Gasteiger partial charge is 0.326 e. The third-order valence-electron chi connectivity index (χ3n) is 1.47. The van der Waals surface area contributed by atoms with Crippen molar-refractivity contribution >= 4 is 0 Å². The van der Waals surface area contributed by atoms with Crippen LogP contribution < -0.4 is 5.73 Å². The van der Waals surface area contributed by atoms with Crippen LogP contribution in [0.15, 0.2) is 0 Å². The number of tetrazole rings is 1. The third-order valence-corrected chi connectivity index (χ3v) is 1.47. The van der Waals surface area contributed by atoms with E-state index in [0.29, 0.717) is 4.68 Å². The molecule has 1 rings (SSSR count). The van der Waals surface area contributed by atoms with Crippen LogP contribution in [0, 0.1) is 0 Å². The van der Waals surface area contributed by atoms with Crippen LogP contribution in [-0.2, 0) is 13.1 Å². The molecule has 80 valence electrons. The summed E-state index contributed by atoms with van der Waals surface area (Å²) in [5, 5.41) is 9.43. The van der Waals surface area contributed by atoms with Gasteiger partial charge in [0.05, 0.1) is 6.54 Å². The highest BCUT2D eigenvalue weighted by molar-refractivity contribution is 4.81. The average molecular weight is 213 g/mol. The molecular weight excluding hydrogens is 206 g/mol. The summed E-state index contributed by atoms with van der Waals surface area (Å²) >= 11 is 0. The number of halogens is 4. The van der Waals surface area contributed by atoms with E-state index < -0.39 is 18.9 Å². The lowest BCUT2D eigenvalue weighted by Gasteiger charge is -2.14. The van der Waals surface area contributed by atoms with Crippen LogP contribution in [0.2, 0.25) is 0 Å². The fraction of sp³-hybridized carbons (Fsp3) is 0.800. The Kier molecular flexibility index (Phi) is 2.99. The van der Waals surface area contributed by atoms with Crippen molar-refractivity contribution in [3.63, 3.8) is 0 Å². The van der Waals surface area contributed by atoms with Gasteiger partial charge in [-0.2, -0.15) is 8.78 Å². The van der Waals surface area contributed by atoms with Gasteiger partial charge in [-0.3, -0.25) is 0 Å². The van der Waals surface area contributed by atoms with Gasteiger partial charge in [-0.15, -0.1) is 5.10 Å². The predicted molar refractivity (Wildman–Crippen MR) is 36.7 cm³/mol. The van der Waals surface area contributed by atoms with E-state index in [1.165, 1.54) is 0 Å². The zero-order valence-corrected chi connectivity index (χ0v) is 6.87. The van der Waals surface area contributed by atoms with Crippen LogP contribution in [0.1, 0.15) is 5.82 Å². The predicted octanol–water partition coefficient (Wildman–Crippen LogP) is 0.0322. The maximum atomic E-state index is 12.5. The molecule has 0 radical (unpaired) electrons. The van der Waals surface area contributed by atoms with E-state index in [1.54, 1.807) is 0 Å². The maximum Gasteiger partial charge on any atom is 0.326 e. The molecule has 0 fully saturated rings. The van der Waals surface area contributed by atoms with E-state index >= 15 is 0 Å². The first-order chi connectivity index (χ1) is 6.47. The van der Waals surface area contributed by atoms with Crippen LogP contribution in [0.5, 0.6) is 0 Å². The third kappa shape index (κ3) is 2.16. The molecule has 0 spiro atoms. The molecule has 0 amide bonds. The normalized spacial score (nSPS) is 12.4. The van der Waals surface area contributed by atoms with E-state index in [9.17, 15) is 17.6 Å². The van der Waals surface area contributed by atoms with Gasteiger partial charge in [0.25, 0.3) is 0 Å². The number of hydrogen-bond acceptors (Lipinski definition) is 4. The van der Waals surface area contributed by atoms with Crippen molar-refractivity contribution in [3.05, 3.63) is 5.82 Å². The van der Waals surface area contributed by atoms with Gasteiger partial charge in [0.1, 0.15) is 6.54 Å². The maximum absolute atomic E-state index is 12.5. The van der Waals surface area contributed by atoms with Crippen molar-refractivity contribution in [2.45, 2.75) is 25.4 Å². The molecule has 0 unspecified atom stereocenters. The molecule has 1 aromatic heterocycles. The smallest absolute Gasteiger partial charge is 0.324 e. The van der Waals surface area contributed by atoms with E-state index in [-0.39, 0.29) is 12.4 Å². The Balaban J connectivity index is 2.78. The Morgan fingerprint density at radius 1 is 1.43 bits per heavy atom.